The van der Waals surface area contributed by atoms with E-state index in [-0.39, 0.29) is 5.75 Å². The number of hydrogen-bond donors (Lipinski definition) is 1. The molecule has 0 aliphatic heterocycles. The lowest BCUT2D eigenvalue weighted by Gasteiger charge is -2.12. The summed E-state index contributed by atoms with van der Waals surface area (Å²) in [6.07, 6.45) is 2.44. The zero-order valence-corrected chi connectivity index (χ0v) is 11.8. The fourth-order valence-corrected chi connectivity index (χ4v) is 3.29. The molecule has 1 unspecified atom stereocenters. The summed E-state index contributed by atoms with van der Waals surface area (Å²) >= 11 is 0. The quantitative estimate of drug-likeness (QED) is 0.865. The molecule has 5 heteroatoms. The first-order chi connectivity index (χ1) is 9.00. The average molecular weight is 278 g/mol. The Bertz CT molecular complexity index is 568. The summed E-state index contributed by atoms with van der Waals surface area (Å²) in [5.74, 6) is 1.07. The molecule has 0 bridgehead atoms. The second-order valence-electron chi connectivity index (χ2n) is 5.23. The molecule has 0 spiro atoms. The summed E-state index contributed by atoms with van der Waals surface area (Å²) in [5, 5.41) is 8.68. The number of nitriles is 1. The second kappa shape index (κ2) is 5.72. The molecule has 1 saturated carbocycles. The van der Waals surface area contributed by atoms with Crippen molar-refractivity contribution in [3.8, 4) is 6.07 Å². The van der Waals surface area contributed by atoms with E-state index in [9.17, 15) is 8.42 Å². The van der Waals surface area contributed by atoms with Crippen molar-refractivity contribution in [2.24, 2.45) is 11.8 Å². The highest BCUT2D eigenvalue weighted by atomic mass is 32.2. The monoisotopic (exact) mass is 278 g/mol. The minimum absolute atomic E-state index is 0.0317. The van der Waals surface area contributed by atoms with Crippen LogP contribution in [0.2, 0.25) is 0 Å². The van der Waals surface area contributed by atoms with Crippen molar-refractivity contribution >= 4 is 10.0 Å². The van der Waals surface area contributed by atoms with Crippen LogP contribution in [-0.2, 0) is 15.8 Å². The Morgan fingerprint density at radius 3 is 2.53 bits per heavy atom. The Hall–Kier alpha value is -1.38. The molecule has 0 saturated heterocycles. The van der Waals surface area contributed by atoms with Gasteiger partial charge in [-0.25, -0.2) is 13.1 Å². The Kier molecular flexibility index (Phi) is 4.23. The van der Waals surface area contributed by atoms with Gasteiger partial charge in [0.1, 0.15) is 0 Å². The minimum Gasteiger partial charge on any atom is -0.215 e. The van der Waals surface area contributed by atoms with Crippen molar-refractivity contribution in [3.05, 3.63) is 35.4 Å². The number of nitrogens with zero attached hydrogens (tertiary/aromatic N) is 1. The molecule has 0 aromatic heterocycles. The van der Waals surface area contributed by atoms with Crippen molar-refractivity contribution in [3.63, 3.8) is 0 Å². The molecule has 1 aliphatic rings. The third-order valence-electron chi connectivity index (χ3n) is 3.49. The molecular weight excluding hydrogens is 260 g/mol. The summed E-state index contributed by atoms with van der Waals surface area (Å²) in [4.78, 5) is 0. The summed E-state index contributed by atoms with van der Waals surface area (Å²) < 4.78 is 26.5. The van der Waals surface area contributed by atoms with Crippen LogP contribution in [0.3, 0.4) is 0 Å². The molecule has 102 valence electrons. The van der Waals surface area contributed by atoms with Crippen LogP contribution in [0, 0.1) is 23.2 Å². The predicted molar refractivity (Wildman–Crippen MR) is 73.7 cm³/mol. The Morgan fingerprint density at radius 1 is 1.37 bits per heavy atom. The van der Waals surface area contributed by atoms with E-state index in [0.717, 1.165) is 0 Å². The Morgan fingerprint density at radius 2 is 2.00 bits per heavy atom. The van der Waals surface area contributed by atoms with E-state index < -0.39 is 10.0 Å². The zero-order valence-electron chi connectivity index (χ0n) is 11.0. The zero-order chi connectivity index (χ0) is 13.9. The standard InChI is InChI=1S/C14H18N2O2S/c1-11(14-6-7-14)9-16-19(17,18)10-13-4-2-12(8-15)3-5-13/h2-5,11,14,16H,6-7,9-10H2,1H3. The molecule has 1 N–H and O–H groups in total. The molecule has 0 amide bonds. The van der Waals surface area contributed by atoms with Gasteiger partial charge in [0.15, 0.2) is 0 Å². The number of sulfonamides is 1. The van der Waals surface area contributed by atoms with Crippen molar-refractivity contribution in [1.82, 2.24) is 4.72 Å². The normalized spacial score (nSPS) is 16.8. The molecule has 1 fully saturated rings. The van der Waals surface area contributed by atoms with Gasteiger partial charge in [-0.3, -0.25) is 0 Å². The van der Waals surface area contributed by atoms with Crippen LogP contribution in [0.4, 0.5) is 0 Å². The van der Waals surface area contributed by atoms with Gasteiger partial charge in [-0.2, -0.15) is 5.26 Å². The molecule has 2 rings (SSSR count). The Balaban J connectivity index is 1.90. The summed E-state index contributed by atoms with van der Waals surface area (Å²) in [5.41, 5.74) is 1.24. The van der Waals surface area contributed by atoms with Gasteiger partial charge in [0.05, 0.1) is 17.4 Å². The largest absolute Gasteiger partial charge is 0.215 e. The van der Waals surface area contributed by atoms with Crippen molar-refractivity contribution < 1.29 is 8.42 Å². The second-order valence-corrected chi connectivity index (χ2v) is 7.04. The van der Waals surface area contributed by atoms with Crippen LogP contribution in [0.25, 0.3) is 0 Å². The van der Waals surface area contributed by atoms with Crippen molar-refractivity contribution in [2.75, 3.05) is 6.54 Å². The maximum atomic E-state index is 11.9. The van der Waals surface area contributed by atoms with Gasteiger partial charge in [0.2, 0.25) is 10.0 Å². The molecule has 1 aromatic rings. The minimum atomic E-state index is -3.29. The molecule has 19 heavy (non-hydrogen) atoms. The molecule has 0 heterocycles. The topological polar surface area (TPSA) is 70.0 Å². The third kappa shape index (κ3) is 4.34. The lowest BCUT2D eigenvalue weighted by molar-refractivity contribution is 0.491. The number of rotatable bonds is 6. The third-order valence-corrected chi connectivity index (χ3v) is 4.81. The highest BCUT2D eigenvalue weighted by Gasteiger charge is 2.28. The molecule has 0 radical (unpaired) electrons. The van der Waals surface area contributed by atoms with Gasteiger partial charge in [-0.15, -0.1) is 0 Å². The highest BCUT2D eigenvalue weighted by molar-refractivity contribution is 7.88. The maximum absolute atomic E-state index is 11.9. The summed E-state index contributed by atoms with van der Waals surface area (Å²) in [6, 6.07) is 8.65. The van der Waals surface area contributed by atoms with Gasteiger partial charge in [0, 0.05) is 6.54 Å². The van der Waals surface area contributed by atoms with Crippen LogP contribution in [-0.4, -0.2) is 15.0 Å². The van der Waals surface area contributed by atoms with E-state index >= 15 is 0 Å². The van der Waals surface area contributed by atoms with Crippen molar-refractivity contribution in [1.29, 1.82) is 5.26 Å². The molecule has 1 aromatic carbocycles. The fourth-order valence-electron chi connectivity index (χ4n) is 2.04. The van der Waals surface area contributed by atoms with Crippen LogP contribution in [0.5, 0.6) is 0 Å². The van der Waals surface area contributed by atoms with Gasteiger partial charge < -0.3 is 0 Å². The van der Waals surface area contributed by atoms with E-state index in [1.54, 1.807) is 24.3 Å². The Labute approximate surface area is 114 Å². The smallest absolute Gasteiger partial charge is 0.215 e. The SMILES string of the molecule is CC(CNS(=O)(=O)Cc1ccc(C#N)cc1)C1CC1. The highest BCUT2D eigenvalue weighted by Crippen LogP contribution is 2.36. The maximum Gasteiger partial charge on any atom is 0.215 e. The van der Waals surface area contributed by atoms with Crippen LogP contribution in [0.1, 0.15) is 30.9 Å². The number of hydrogen-bond acceptors (Lipinski definition) is 3. The first-order valence-corrected chi connectivity index (χ1v) is 8.12. The molecule has 1 aliphatic carbocycles. The van der Waals surface area contributed by atoms with E-state index in [4.69, 9.17) is 5.26 Å². The number of benzene rings is 1. The number of nitrogens with one attached hydrogen (secondary N) is 1. The van der Waals surface area contributed by atoms with Crippen LogP contribution < -0.4 is 4.72 Å². The lowest BCUT2D eigenvalue weighted by Crippen LogP contribution is -2.30. The van der Waals surface area contributed by atoms with Crippen LogP contribution in [0.15, 0.2) is 24.3 Å². The molecular formula is C14H18N2O2S. The molecule has 4 nitrogen and oxygen atoms in total. The first-order valence-electron chi connectivity index (χ1n) is 6.46. The van der Waals surface area contributed by atoms with E-state index in [2.05, 4.69) is 11.6 Å². The average Bonchev–Trinajstić information content (AvgIpc) is 3.21. The van der Waals surface area contributed by atoms with E-state index in [0.29, 0.717) is 29.5 Å². The van der Waals surface area contributed by atoms with E-state index in [1.165, 1.54) is 12.8 Å². The van der Waals surface area contributed by atoms with Crippen LogP contribution >= 0.6 is 0 Å². The lowest BCUT2D eigenvalue weighted by atomic mass is 10.1. The summed E-state index contributed by atoms with van der Waals surface area (Å²) in [7, 11) is -3.29. The van der Waals surface area contributed by atoms with Gasteiger partial charge >= 0.3 is 0 Å². The van der Waals surface area contributed by atoms with E-state index in [1.807, 2.05) is 6.07 Å². The van der Waals surface area contributed by atoms with Gasteiger partial charge in [-0.05, 0) is 42.4 Å². The van der Waals surface area contributed by atoms with Gasteiger partial charge in [-0.1, -0.05) is 19.1 Å². The first kappa shape index (κ1) is 14.0. The van der Waals surface area contributed by atoms with Gasteiger partial charge in [0.25, 0.3) is 0 Å². The summed E-state index contributed by atoms with van der Waals surface area (Å²) in [6.45, 7) is 2.60. The fraction of sp³-hybridized carbons (Fsp3) is 0.500. The van der Waals surface area contributed by atoms with Crippen molar-refractivity contribution in [2.45, 2.75) is 25.5 Å². The predicted octanol–water partition coefficient (Wildman–Crippen LogP) is 2.02. The molecule has 1 atom stereocenters.